The van der Waals surface area contributed by atoms with Crippen LogP contribution >= 0.6 is 0 Å². The number of H-pyrrole nitrogens is 1. The number of rotatable bonds is 3. The van der Waals surface area contributed by atoms with Crippen LogP contribution in [0.5, 0.6) is 5.75 Å². The van der Waals surface area contributed by atoms with Crippen LogP contribution in [0.15, 0.2) is 49.2 Å². The van der Waals surface area contributed by atoms with Crippen LogP contribution in [0.2, 0.25) is 0 Å². The molecule has 2 aromatic rings. The first-order valence-corrected chi connectivity index (χ1v) is 10.6. The summed E-state index contributed by atoms with van der Waals surface area (Å²) in [5, 5.41) is 9.62. The second-order valence-electron chi connectivity index (χ2n) is 7.67. The molecule has 1 aromatic heterocycles. The lowest BCUT2D eigenvalue weighted by Gasteiger charge is -2.10. The second kappa shape index (κ2) is 12.5. The summed E-state index contributed by atoms with van der Waals surface area (Å²) < 4.78 is 5.06. The Balaban J connectivity index is 0.000000190. The van der Waals surface area contributed by atoms with Crippen molar-refractivity contribution in [1.29, 1.82) is 0 Å². The number of nitrogen functional groups attached to an aromatic ring is 1. The number of phenols is 1. The van der Waals surface area contributed by atoms with E-state index in [2.05, 4.69) is 18.5 Å². The molecule has 2 saturated heterocycles. The number of aromatic nitrogens is 1. The zero-order valence-corrected chi connectivity index (χ0v) is 18.2. The summed E-state index contributed by atoms with van der Waals surface area (Å²) in [6.45, 7) is 9.45. The van der Waals surface area contributed by atoms with Gasteiger partial charge in [-0.25, -0.2) is 0 Å². The summed E-state index contributed by atoms with van der Waals surface area (Å²) in [5.74, 6) is 1.61. The molecule has 31 heavy (non-hydrogen) atoms. The van der Waals surface area contributed by atoms with Crippen LogP contribution in [-0.4, -0.2) is 47.2 Å². The van der Waals surface area contributed by atoms with E-state index < -0.39 is 0 Å². The molecule has 0 bridgehead atoms. The number of nitrogens with two attached hydrogens (primary N) is 2. The molecular formula is C24H34N4O3. The molecule has 168 valence electrons. The lowest BCUT2D eigenvalue weighted by molar-refractivity contribution is -0.124. The Morgan fingerprint density at radius 1 is 1.29 bits per heavy atom. The maximum atomic E-state index is 10.8. The molecule has 6 N–H and O–H groups in total. The average Bonchev–Trinajstić information content (AvgIpc) is 3.53. The Morgan fingerprint density at radius 2 is 2.00 bits per heavy atom. The number of amides is 1. The van der Waals surface area contributed by atoms with Crippen LogP contribution in [0.25, 0.3) is 11.8 Å². The van der Waals surface area contributed by atoms with Gasteiger partial charge in [0.1, 0.15) is 11.6 Å². The second-order valence-corrected chi connectivity index (χ2v) is 7.67. The summed E-state index contributed by atoms with van der Waals surface area (Å²) in [5.41, 5.74) is 13.5. The van der Waals surface area contributed by atoms with Crippen LogP contribution < -0.4 is 11.5 Å². The fourth-order valence-electron chi connectivity index (χ4n) is 3.20. The summed E-state index contributed by atoms with van der Waals surface area (Å²) in [6.07, 6.45) is 8.41. The number of phenolic OH excluding ortho intramolecular Hbond substituents is 1. The molecule has 7 heteroatoms. The normalized spacial score (nSPS) is 17.9. The number of anilines is 1. The molecular weight excluding hydrogens is 392 g/mol. The number of carbonyl (C=O) groups excluding carboxylic acids is 1. The van der Waals surface area contributed by atoms with Gasteiger partial charge in [-0.15, -0.1) is 0 Å². The number of aromatic amines is 1. The maximum absolute atomic E-state index is 10.8. The summed E-state index contributed by atoms with van der Waals surface area (Å²) in [6, 6.07) is 8.73. The number of carbonyl (C=O) groups is 1. The van der Waals surface area contributed by atoms with E-state index in [0.717, 1.165) is 50.6 Å². The summed E-state index contributed by atoms with van der Waals surface area (Å²) in [7, 11) is 0. The van der Waals surface area contributed by atoms with Crippen molar-refractivity contribution in [3.05, 3.63) is 60.3 Å². The predicted molar refractivity (Wildman–Crippen MR) is 126 cm³/mol. The van der Waals surface area contributed by atoms with Gasteiger partial charge in [-0.1, -0.05) is 25.6 Å². The van der Waals surface area contributed by atoms with Crippen molar-refractivity contribution in [1.82, 2.24) is 9.88 Å². The molecule has 1 unspecified atom stereocenters. The fourth-order valence-corrected chi connectivity index (χ4v) is 3.20. The van der Waals surface area contributed by atoms with Crippen LogP contribution in [-0.2, 0) is 9.53 Å². The van der Waals surface area contributed by atoms with E-state index in [9.17, 15) is 9.90 Å². The first kappa shape index (κ1) is 24.1. The number of nitrogens with one attached hydrogen (secondary N) is 1. The van der Waals surface area contributed by atoms with Crippen molar-refractivity contribution in [3.63, 3.8) is 0 Å². The summed E-state index contributed by atoms with van der Waals surface area (Å²) in [4.78, 5) is 15.5. The zero-order chi connectivity index (χ0) is 22.6. The standard InChI is InChI=1S/C12H13N3O.C7H11NO.C5H10O/c13-10(7-8-5-6-15-12(8)14)9-3-1-2-4-11(9)16;1-2-7(9)8-5-3-4-6-8;1-5-2-3-6-4-5/h1-7,15-16H,13-14H2;2H,1,3-6H2;5H,2-4H2,1H3/b10-7-;;. The molecule has 4 rings (SSSR count). The van der Waals surface area contributed by atoms with E-state index in [-0.39, 0.29) is 11.7 Å². The van der Waals surface area contributed by atoms with Crippen molar-refractivity contribution < 1.29 is 14.6 Å². The van der Waals surface area contributed by atoms with Crippen molar-refractivity contribution in [3.8, 4) is 5.75 Å². The molecule has 0 spiro atoms. The third-order valence-corrected chi connectivity index (χ3v) is 5.09. The minimum atomic E-state index is 0.0764. The highest BCUT2D eigenvalue weighted by atomic mass is 16.5. The van der Waals surface area contributed by atoms with E-state index >= 15 is 0 Å². The lowest BCUT2D eigenvalue weighted by atomic mass is 10.1. The van der Waals surface area contributed by atoms with E-state index in [1.807, 2.05) is 17.0 Å². The van der Waals surface area contributed by atoms with Gasteiger partial charge in [-0.05, 0) is 55.5 Å². The van der Waals surface area contributed by atoms with E-state index in [0.29, 0.717) is 17.1 Å². The van der Waals surface area contributed by atoms with E-state index in [1.54, 1.807) is 30.5 Å². The highest BCUT2D eigenvalue weighted by Gasteiger charge is 2.14. The molecule has 0 saturated carbocycles. The van der Waals surface area contributed by atoms with Gasteiger partial charge in [-0.2, -0.15) is 0 Å². The Labute approximate surface area is 184 Å². The molecule has 0 radical (unpaired) electrons. The van der Waals surface area contributed by atoms with E-state index in [1.165, 1.54) is 12.5 Å². The molecule has 2 fully saturated rings. The molecule has 3 heterocycles. The smallest absolute Gasteiger partial charge is 0.245 e. The third kappa shape index (κ3) is 7.86. The third-order valence-electron chi connectivity index (χ3n) is 5.09. The minimum absolute atomic E-state index is 0.0764. The average molecular weight is 427 g/mol. The molecule has 7 nitrogen and oxygen atoms in total. The van der Waals surface area contributed by atoms with Crippen molar-refractivity contribution in [2.24, 2.45) is 11.7 Å². The Hall–Kier alpha value is -3.19. The van der Waals surface area contributed by atoms with Gasteiger partial charge < -0.3 is 31.2 Å². The van der Waals surface area contributed by atoms with Crippen LogP contribution in [0.3, 0.4) is 0 Å². The van der Waals surface area contributed by atoms with Gasteiger partial charge in [-0.3, -0.25) is 4.79 Å². The van der Waals surface area contributed by atoms with Gasteiger partial charge in [0.25, 0.3) is 0 Å². The first-order valence-electron chi connectivity index (χ1n) is 10.6. The molecule has 0 aliphatic carbocycles. The van der Waals surface area contributed by atoms with Gasteiger partial charge in [0, 0.05) is 49.3 Å². The number of hydrogen-bond acceptors (Lipinski definition) is 5. The van der Waals surface area contributed by atoms with Gasteiger partial charge in [0.2, 0.25) is 5.91 Å². The van der Waals surface area contributed by atoms with Gasteiger partial charge >= 0.3 is 0 Å². The van der Waals surface area contributed by atoms with Crippen LogP contribution in [0.4, 0.5) is 5.82 Å². The number of nitrogens with zero attached hydrogens (tertiary/aromatic N) is 1. The Bertz CT molecular complexity index is 863. The van der Waals surface area contributed by atoms with Crippen LogP contribution in [0.1, 0.15) is 37.3 Å². The molecule has 2 aliphatic heterocycles. The fraction of sp³-hybridized carbons (Fsp3) is 0.375. The lowest BCUT2D eigenvalue weighted by Crippen LogP contribution is -2.25. The quantitative estimate of drug-likeness (QED) is 0.560. The van der Waals surface area contributed by atoms with E-state index in [4.69, 9.17) is 16.2 Å². The predicted octanol–water partition coefficient (Wildman–Crippen LogP) is 3.60. The largest absolute Gasteiger partial charge is 0.507 e. The SMILES string of the molecule is C=CC(=O)N1CCCC1.CC1CCOC1.N/C(=C\c1cc[nH]c1N)c1ccccc1O. The van der Waals surface area contributed by atoms with Crippen molar-refractivity contribution in [2.75, 3.05) is 32.0 Å². The molecule has 1 amide bonds. The maximum Gasteiger partial charge on any atom is 0.245 e. The monoisotopic (exact) mass is 426 g/mol. The first-order chi connectivity index (χ1) is 14.9. The van der Waals surface area contributed by atoms with Crippen LogP contribution in [0, 0.1) is 5.92 Å². The number of para-hydroxylation sites is 1. The Morgan fingerprint density at radius 3 is 2.48 bits per heavy atom. The van der Waals surface area contributed by atoms with Crippen molar-refractivity contribution >= 4 is 23.5 Å². The molecule has 2 aliphatic rings. The Kier molecular flexibility index (Phi) is 9.71. The zero-order valence-electron chi connectivity index (χ0n) is 18.2. The van der Waals surface area contributed by atoms with Crippen molar-refractivity contribution in [2.45, 2.75) is 26.2 Å². The number of hydrogen-bond donors (Lipinski definition) is 4. The van der Waals surface area contributed by atoms with Gasteiger partial charge in [0.15, 0.2) is 0 Å². The van der Waals surface area contributed by atoms with Gasteiger partial charge in [0.05, 0.1) is 0 Å². The topological polar surface area (TPSA) is 118 Å². The number of benzene rings is 1. The number of ether oxygens (including phenoxy) is 1. The number of aromatic hydroxyl groups is 1. The summed E-state index contributed by atoms with van der Waals surface area (Å²) >= 11 is 0. The highest BCUT2D eigenvalue weighted by molar-refractivity contribution is 5.87. The molecule has 1 aromatic carbocycles. The molecule has 1 atom stereocenters. The number of likely N-dealkylation sites (tertiary alicyclic amines) is 1. The minimum Gasteiger partial charge on any atom is -0.507 e. The highest BCUT2D eigenvalue weighted by Crippen LogP contribution is 2.24.